The van der Waals surface area contributed by atoms with E-state index in [-0.39, 0.29) is 0 Å². The molecule has 0 fully saturated rings. The lowest BCUT2D eigenvalue weighted by Gasteiger charge is -2.19. The fourth-order valence-corrected chi connectivity index (χ4v) is 7.02. The normalized spacial score (nSPS) is 15.3. The molecule has 0 bridgehead atoms. The molecule has 204 valence electrons. The van der Waals surface area contributed by atoms with E-state index in [1.165, 1.54) is 43.8 Å². The van der Waals surface area contributed by atoms with Gasteiger partial charge in [0.15, 0.2) is 0 Å². The number of fused-ring (bicyclic) bond motifs is 6. The van der Waals surface area contributed by atoms with Crippen molar-refractivity contribution in [3.8, 4) is 11.3 Å². The first-order valence-corrected chi connectivity index (χ1v) is 14.9. The summed E-state index contributed by atoms with van der Waals surface area (Å²) in [5, 5.41) is 9.64. The second-order valence-corrected chi connectivity index (χ2v) is 11.5. The molecule has 0 amide bonds. The molecule has 8 aromatic rings. The third-order valence-corrected chi connectivity index (χ3v) is 9.01. The number of nitrogens with zero attached hydrogens (tertiary/aromatic N) is 3. The molecule has 1 aliphatic carbocycles. The minimum Gasteiger partial charge on any atom is -0.322 e. The summed E-state index contributed by atoms with van der Waals surface area (Å²) in [5.41, 5.74) is 10.2. The summed E-state index contributed by atoms with van der Waals surface area (Å²) in [6, 6.07) is 38.6. The van der Waals surface area contributed by atoms with Crippen molar-refractivity contribution < 1.29 is 0 Å². The molecule has 9 rings (SSSR count). The predicted octanol–water partition coefficient (Wildman–Crippen LogP) is 10.2. The number of rotatable bonds is 4. The monoisotopic (exact) mass is 552 g/mol. The number of hydrogen-bond donors (Lipinski definition) is 1. The zero-order chi connectivity index (χ0) is 28.5. The molecule has 4 heteroatoms. The Morgan fingerprint density at radius 1 is 0.698 bits per heavy atom. The molecule has 4 heterocycles. The maximum Gasteiger partial charge on any atom is 0.228 e. The van der Waals surface area contributed by atoms with Gasteiger partial charge in [0, 0.05) is 32.7 Å². The van der Waals surface area contributed by atoms with Gasteiger partial charge in [-0.1, -0.05) is 116 Å². The van der Waals surface area contributed by atoms with Gasteiger partial charge in [0.2, 0.25) is 5.95 Å². The first-order valence-electron chi connectivity index (χ1n) is 14.9. The van der Waals surface area contributed by atoms with Gasteiger partial charge in [0.1, 0.15) is 0 Å². The molecule has 43 heavy (non-hydrogen) atoms. The summed E-state index contributed by atoms with van der Waals surface area (Å²) in [6.45, 7) is 2.32. The van der Waals surface area contributed by atoms with Crippen LogP contribution in [0.1, 0.15) is 18.9 Å². The van der Waals surface area contributed by atoms with Crippen LogP contribution in [0.3, 0.4) is 0 Å². The van der Waals surface area contributed by atoms with Crippen molar-refractivity contribution in [2.24, 2.45) is 5.92 Å². The summed E-state index contributed by atoms with van der Waals surface area (Å²) >= 11 is 0. The molecular weight excluding hydrogens is 524 g/mol. The molecule has 0 aliphatic heterocycles. The highest BCUT2D eigenvalue weighted by Crippen LogP contribution is 2.46. The van der Waals surface area contributed by atoms with E-state index < -0.39 is 0 Å². The predicted molar refractivity (Wildman–Crippen MR) is 180 cm³/mol. The van der Waals surface area contributed by atoms with E-state index in [0.29, 0.717) is 11.9 Å². The van der Waals surface area contributed by atoms with Crippen LogP contribution in [0.25, 0.3) is 65.8 Å². The molecule has 4 aromatic heterocycles. The maximum atomic E-state index is 5.24. The Kier molecular flexibility index (Phi) is 5.20. The fraction of sp³-hybridized carbons (Fsp3) is 0.0769. The second-order valence-electron chi connectivity index (χ2n) is 11.5. The third-order valence-electron chi connectivity index (χ3n) is 9.01. The molecule has 1 N–H and O–H groups in total. The van der Waals surface area contributed by atoms with Crippen LogP contribution in [0.5, 0.6) is 0 Å². The van der Waals surface area contributed by atoms with E-state index >= 15 is 0 Å². The Labute approximate surface area is 249 Å². The van der Waals surface area contributed by atoms with Crippen LogP contribution in [-0.4, -0.2) is 14.4 Å². The van der Waals surface area contributed by atoms with Crippen LogP contribution >= 0.6 is 0 Å². The third kappa shape index (κ3) is 3.56. The number of nitrogens with one attached hydrogen (secondary N) is 1. The summed E-state index contributed by atoms with van der Waals surface area (Å²) in [7, 11) is 0. The SMILES string of the molecule is CC1CC=CC=C1c1c(Nc2nc(-c3ccccc3)c3ccc4ccccc4c3n2)c2c3ccccc3c3cccc1n32. The van der Waals surface area contributed by atoms with Crippen molar-refractivity contribution in [1.82, 2.24) is 14.4 Å². The van der Waals surface area contributed by atoms with Gasteiger partial charge in [-0.05, 0) is 41.5 Å². The van der Waals surface area contributed by atoms with Crippen LogP contribution in [0, 0.1) is 5.92 Å². The van der Waals surface area contributed by atoms with Crippen molar-refractivity contribution in [3.63, 3.8) is 0 Å². The molecule has 4 nitrogen and oxygen atoms in total. The smallest absolute Gasteiger partial charge is 0.228 e. The van der Waals surface area contributed by atoms with Gasteiger partial charge in [-0.15, -0.1) is 0 Å². The number of benzene rings is 4. The van der Waals surface area contributed by atoms with Crippen LogP contribution in [0.15, 0.2) is 127 Å². The van der Waals surface area contributed by atoms with Gasteiger partial charge in [-0.3, -0.25) is 0 Å². The largest absolute Gasteiger partial charge is 0.322 e. The zero-order valence-electron chi connectivity index (χ0n) is 23.8. The number of allylic oxidation sites excluding steroid dienone is 4. The Morgan fingerprint density at radius 2 is 1.47 bits per heavy atom. The maximum absolute atomic E-state index is 5.24. The lowest BCUT2D eigenvalue weighted by atomic mass is 9.87. The van der Waals surface area contributed by atoms with E-state index in [2.05, 4.69) is 138 Å². The minimum atomic E-state index is 0.393. The highest BCUT2D eigenvalue weighted by Gasteiger charge is 2.27. The fourth-order valence-electron chi connectivity index (χ4n) is 7.02. The Balaban J connectivity index is 1.38. The van der Waals surface area contributed by atoms with Crippen molar-refractivity contribution in [1.29, 1.82) is 0 Å². The molecule has 0 saturated carbocycles. The van der Waals surface area contributed by atoms with E-state index in [0.717, 1.165) is 39.7 Å². The van der Waals surface area contributed by atoms with Gasteiger partial charge in [0.05, 0.1) is 33.4 Å². The van der Waals surface area contributed by atoms with Crippen molar-refractivity contribution in [2.75, 3.05) is 5.32 Å². The Hall–Kier alpha value is -5.48. The average molecular weight is 553 g/mol. The average Bonchev–Trinajstić information content (AvgIpc) is 3.57. The Morgan fingerprint density at radius 3 is 2.33 bits per heavy atom. The van der Waals surface area contributed by atoms with Crippen LogP contribution in [0.4, 0.5) is 11.6 Å². The molecule has 0 saturated heterocycles. The second kappa shape index (κ2) is 9.27. The summed E-state index contributed by atoms with van der Waals surface area (Å²) in [4.78, 5) is 10.5. The molecule has 0 spiro atoms. The molecule has 0 radical (unpaired) electrons. The lowest BCUT2D eigenvalue weighted by molar-refractivity contribution is 0.760. The first-order chi connectivity index (χ1) is 21.3. The van der Waals surface area contributed by atoms with E-state index in [9.17, 15) is 0 Å². The molecular formula is C39H28N4. The summed E-state index contributed by atoms with van der Waals surface area (Å²) < 4.78 is 2.42. The quantitative estimate of drug-likeness (QED) is 0.221. The number of aromatic nitrogens is 3. The summed E-state index contributed by atoms with van der Waals surface area (Å²) in [6.07, 6.45) is 7.75. The number of hydrogen-bond acceptors (Lipinski definition) is 3. The van der Waals surface area contributed by atoms with Crippen molar-refractivity contribution >= 4 is 66.2 Å². The van der Waals surface area contributed by atoms with Gasteiger partial charge in [0.25, 0.3) is 0 Å². The van der Waals surface area contributed by atoms with Gasteiger partial charge >= 0.3 is 0 Å². The molecule has 1 aliphatic rings. The van der Waals surface area contributed by atoms with Crippen molar-refractivity contribution in [2.45, 2.75) is 13.3 Å². The topological polar surface area (TPSA) is 42.2 Å². The lowest BCUT2D eigenvalue weighted by Crippen LogP contribution is -2.05. The highest BCUT2D eigenvalue weighted by molar-refractivity contribution is 6.18. The Bertz CT molecular complexity index is 2410. The van der Waals surface area contributed by atoms with Crippen LogP contribution in [-0.2, 0) is 0 Å². The van der Waals surface area contributed by atoms with E-state index in [1.807, 2.05) is 6.07 Å². The zero-order valence-corrected chi connectivity index (χ0v) is 23.8. The standard InChI is InChI=1S/C39H28N4/c1-24-12-5-7-16-27(24)34-33-21-11-20-32-29-18-9-10-19-30(29)38(43(32)33)37(34)42-39-40-35(26-14-3-2-4-15-26)31-23-22-25-13-6-8-17-28(25)36(31)41-39/h2-11,13-24H,12H2,1H3,(H,40,41,42). The first kappa shape index (κ1) is 24.2. The molecule has 1 atom stereocenters. The minimum absolute atomic E-state index is 0.393. The van der Waals surface area contributed by atoms with Gasteiger partial charge in [-0.25, -0.2) is 9.97 Å². The van der Waals surface area contributed by atoms with E-state index in [1.54, 1.807) is 0 Å². The number of anilines is 2. The van der Waals surface area contributed by atoms with E-state index in [4.69, 9.17) is 9.97 Å². The highest BCUT2D eigenvalue weighted by atomic mass is 15.1. The van der Waals surface area contributed by atoms with Crippen LogP contribution in [0.2, 0.25) is 0 Å². The van der Waals surface area contributed by atoms with Crippen LogP contribution < -0.4 is 5.32 Å². The van der Waals surface area contributed by atoms with Gasteiger partial charge < -0.3 is 9.72 Å². The van der Waals surface area contributed by atoms with Gasteiger partial charge in [-0.2, -0.15) is 0 Å². The number of pyridine rings is 1. The molecule has 1 unspecified atom stereocenters. The molecule has 4 aromatic carbocycles. The van der Waals surface area contributed by atoms with Crippen molar-refractivity contribution in [3.05, 3.63) is 133 Å². The summed E-state index contributed by atoms with van der Waals surface area (Å²) in [5.74, 6) is 0.992.